The first-order valence-corrected chi connectivity index (χ1v) is 12.3. The van der Waals surface area contributed by atoms with Crippen molar-refractivity contribution in [2.75, 3.05) is 33.3 Å². The molecule has 10 nitrogen and oxygen atoms in total. The number of hydrogen-bond donors (Lipinski definition) is 0. The lowest BCUT2D eigenvalue weighted by Gasteiger charge is -2.33. The molecule has 4 rings (SSSR count). The summed E-state index contributed by atoms with van der Waals surface area (Å²) >= 11 is 1.33. The smallest absolute Gasteiger partial charge is 0.273 e. The highest BCUT2D eigenvalue weighted by Crippen LogP contribution is 2.32. The van der Waals surface area contributed by atoms with Gasteiger partial charge in [0, 0.05) is 43.7 Å². The van der Waals surface area contributed by atoms with Gasteiger partial charge >= 0.3 is 0 Å². The van der Waals surface area contributed by atoms with Crippen molar-refractivity contribution >= 4 is 33.0 Å². The number of nitrogens with zero attached hydrogens (tertiary/aromatic N) is 4. The number of non-ortho nitro benzene ring substituents is 1. The number of nitro benzene ring substituents is 1. The average Bonchev–Trinajstić information content (AvgIpc) is 3.34. The molecule has 3 aromatic rings. The van der Waals surface area contributed by atoms with E-state index in [1.807, 2.05) is 24.3 Å². The van der Waals surface area contributed by atoms with Gasteiger partial charge in [0.15, 0.2) is 0 Å². The minimum atomic E-state index is -3.91. The van der Waals surface area contributed by atoms with Gasteiger partial charge in [0.05, 0.1) is 22.5 Å². The quantitative estimate of drug-likeness (QED) is 0.386. The predicted octanol–water partition coefficient (Wildman–Crippen LogP) is 2.87. The fourth-order valence-electron chi connectivity index (χ4n) is 3.52. The molecule has 0 bridgehead atoms. The largest absolute Gasteiger partial charge is 0.496 e. The van der Waals surface area contributed by atoms with Crippen LogP contribution in [0.15, 0.2) is 58.8 Å². The fraction of sp³-hybridized carbons (Fsp3) is 0.238. The maximum Gasteiger partial charge on any atom is 0.273 e. The number of carbonyl (C=O) groups excluding carboxylic acids is 1. The average molecular weight is 489 g/mol. The number of amides is 1. The third-order valence-electron chi connectivity index (χ3n) is 5.25. The van der Waals surface area contributed by atoms with Crippen molar-refractivity contribution in [3.8, 4) is 16.3 Å². The molecule has 1 aromatic heterocycles. The zero-order chi connectivity index (χ0) is 23.6. The summed E-state index contributed by atoms with van der Waals surface area (Å²) in [5.41, 5.74) is 0.784. The van der Waals surface area contributed by atoms with Gasteiger partial charge in [-0.05, 0) is 18.2 Å². The Balaban J connectivity index is 1.45. The number of sulfonamides is 1. The highest BCUT2D eigenvalue weighted by molar-refractivity contribution is 7.89. The summed E-state index contributed by atoms with van der Waals surface area (Å²) in [4.78, 5) is 29.2. The second-order valence-electron chi connectivity index (χ2n) is 7.19. The van der Waals surface area contributed by atoms with E-state index >= 15 is 0 Å². The van der Waals surface area contributed by atoms with Crippen molar-refractivity contribution in [1.29, 1.82) is 0 Å². The molecule has 1 saturated heterocycles. The van der Waals surface area contributed by atoms with E-state index < -0.39 is 14.9 Å². The standard InChI is InChI=1S/C21H20N4O6S2/c1-31-19-8-3-2-7-17(19)20-22-18(14-32-20)21(26)23-9-11-24(12-10-23)33(29,30)16-6-4-5-15(13-16)25(27)28/h2-8,13-14H,9-12H2,1H3. The van der Waals surface area contributed by atoms with Crippen LogP contribution in [-0.2, 0) is 10.0 Å². The predicted molar refractivity (Wildman–Crippen MR) is 122 cm³/mol. The van der Waals surface area contributed by atoms with Gasteiger partial charge < -0.3 is 9.64 Å². The molecular formula is C21H20N4O6S2. The lowest BCUT2D eigenvalue weighted by atomic mass is 10.2. The number of ether oxygens (including phenoxy) is 1. The molecule has 0 spiro atoms. The van der Waals surface area contributed by atoms with Crippen LogP contribution in [0.25, 0.3) is 10.6 Å². The number of nitro groups is 1. The normalized spacial score (nSPS) is 14.8. The lowest BCUT2D eigenvalue weighted by Crippen LogP contribution is -2.50. The zero-order valence-electron chi connectivity index (χ0n) is 17.6. The Hall–Kier alpha value is -3.35. The molecule has 2 aromatic carbocycles. The Kier molecular flexibility index (Phi) is 6.40. The number of hydrogen-bond acceptors (Lipinski definition) is 8. The molecule has 0 aliphatic carbocycles. The number of benzene rings is 2. The fourth-order valence-corrected chi connectivity index (χ4v) is 5.80. The van der Waals surface area contributed by atoms with E-state index in [0.717, 1.165) is 11.6 Å². The maximum atomic E-state index is 12.9. The minimum absolute atomic E-state index is 0.0836. The van der Waals surface area contributed by atoms with Gasteiger partial charge in [0.2, 0.25) is 10.0 Å². The van der Waals surface area contributed by atoms with Crippen LogP contribution >= 0.6 is 11.3 Å². The first-order valence-electron chi connectivity index (χ1n) is 9.94. The monoisotopic (exact) mass is 488 g/mol. The molecule has 1 aliphatic rings. The van der Waals surface area contributed by atoms with Crippen molar-refractivity contribution < 1.29 is 22.9 Å². The van der Waals surface area contributed by atoms with Crippen LogP contribution in [-0.4, -0.2) is 66.7 Å². The molecule has 0 N–H and O–H groups in total. The SMILES string of the molecule is COc1ccccc1-c1nc(C(=O)N2CCN(S(=O)(=O)c3cccc([N+](=O)[O-])c3)CC2)cs1. The first kappa shape index (κ1) is 22.8. The summed E-state index contributed by atoms with van der Waals surface area (Å²) in [5.74, 6) is 0.380. The summed E-state index contributed by atoms with van der Waals surface area (Å²) in [6.45, 7) is 0.545. The molecular weight excluding hydrogens is 468 g/mol. The van der Waals surface area contributed by atoms with Crippen LogP contribution in [0.4, 0.5) is 5.69 Å². The molecule has 172 valence electrons. The summed E-state index contributed by atoms with van der Waals surface area (Å²) in [5, 5.41) is 13.3. The van der Waals surface area contributed by atoms with Crippen LogP contribution < -0.4 is 4.74 Å². The summed E-state index contributed by atoms with van der Waals surface area (Å²) < 4.78 is 32.4. The van der Waals surface area contributed by atoms with Gasteiger partial charge in [0.25, 0.3) is 11.6 Å². The summed E-state index contributed by atoms with van der Waals surface area (Å²) in [6, 6.07) is 12.3. The molecule has 0 unspecified atom stereocenters. The summed E-state index contributed by atoms with van der Waals surface area (Å²) in [7, 11) is -2.34. The second-order valence-corrected chi connectivity index (χ2v) is 9.98. The van der Waals surface area contributed by atoms with E-state index in [0.29, 0.717) is 10.8 Å². The van der Waals surface area contributed by atoms with Gasteiger partial charge in [0.1, 0.15) is 16.5 Å². The molecule has 1 amide bonds. The molecule has 0 saturated carbocycles. The van der Waals surface area contributed by atoms with E-state index in [-0.39, 0.29) is 48.4 Å². The van der Waals surface area contributed by atoms with Crippen molar-refractivity contribution in [1.82, 2.24) is 14.2 Å². The third kappa shape index (κ3) is 4.58. The number of piperazine rings is 1. The van der Waals surface area contributed by atoms with Crippen LogP contribution in [0.5, 0.6) is 5.75 Å². The van der Waals surface area contributed by atoms with Crippen LogP contribution in [0.2, 0.25) is 0 Å². The number of para-hydroxylation sites is 1. The maximum absolute atomic E-state index is 12.9. The lowest BCUT2D eigenvalue weighted by molar-refractivity contribution is -0.385. The molecule has 0 radical (unpaired) electrons. The van der Waals surface area contributed by atoms with Crippen LogP contribution in [0.1, 0.15) is 10.5 Å². The molecule has 12 heteroatoms. The number of methoxy groups -OCH3 is 1. The zero-order valence-corrected chi connectivity index (χ0v) is 19.2. The van der Waals surface area contributed by atoms with Crippen molar-refractivity contribution in [3.05, 3.63) is 69.7 Å². The van der Waals surface area contributed by atoms with E-state index in [9.17, 15) is 23.3 Å². The Labute approximate surface area is 194 Å². The highest BCUT2D eigenvalue weighted by atomic mass is 32.2. The van der Waals surface area contributed by atoms with Gasteiger partial charge in [-0.3, -0.25) is 14.9 Å². The summed E-state index contributed by atoms with van der Waals surface area (Å²) in [6.07, 6.45) is 0. The van der Waals surface area contributed by atoms with Gasteiger partial charge in [-0.25, -0.2) is 13.4 Å². The Morgan fingerprint density at radius 1 is 1.12 bits per heavy atom. The van der Waals surface area contributed by atoms with E-state index in [1.165, 1.54) is 33.8 Å². The number of carbonyl (C=O) groups is 1. The Morgan fingerprint density at radius 2 is 1.85 bits per heavy atom. The molecule has 2 heterocycles. The molecule has 0 atom stereocenters. The topological polar surface area (TPSA) is 123 Å². The van der Waals surface area contributed by atoms with Crippen LogP contribution in [0.3, 0.4) is 0 Å². The Morgan fingerprint density at radius 3 is 2.55 bits per heavy atom. The molecule has 1 fully saturated rings. The Bertz CT molecular complexity index is 1300. The van der Waals surface area contributed by atoms with E-state index in [2.05, 4.69) is 4.98 Å². The van der Waals surface area contributed by atoms with Crippen LogP contribution in [0, 0.1) is 10.1 Å². The number of thiazole rings is 1. The van der Waals surface area contributed by atoms with Gasteiger partial charge in [-0.15, -0.1) is 11.3 Å². The van der Waals surface area contributed by atoms with Crippen molar-refractivity contribution in [2.24, 2.45) is 0 Å². The first-order chi connectivity index (χ1) is 15.8. The highest BCUT2D eigenvalue weighted by Gasteiger charge is 2.32. The van der Waals surface area contributed by atoms with Crippen molar-refractivity contribution in [2.45, 2.75) is 4.90 Å². The molecule has 1 aliphatic heterocycles. The number of rotatable bonds is 6. The second kappa shape index (κ2) is 9.25. The van der Waals surface area contributed by atoms with E-state index in [4.69, 9.17) is 4.74 Å². The molecule has 33 heavy (non-hydrogen) atoms. The third-order valence-corrected chi connectivity index (χ3v) is 8.02. The minimum Gasteiger partial charge on any atom is -0.496 e. The number of aromatic nitrogens is 1. The van der Waals surface area contributed by atoms with Crippen molar-refractivity contribution in [3.63, 3.8) is 0 Å². The van der Waals surface area contributed by atoms with Gasteiger partial charge in [-0.1, -0.05) is 18.2 Å². The van der Waals surface area contributed by atoms with Gasteiger partial charge in [-0.2, -0.15) is 4.31 Å². The van der Waals surface area contributed by atoms with E-state index in [1.54, 1.807) is 17.4 Å².